The van der Waals surface area contributed by atoms with Crippen molar-refractivity contribution in [2.24, 2.45) is 0 Å². The lowest BCUT2D eigenvalue weighted by Gasteiger charge is -2.18. The molecule has 0 fully saturated rings. The molecule has 0 N–H and O–H groups in total. The van der Waals surface area contributed by atoms with Crippen LogP contribution >= 0.6 is 0 Å². The lowest BCUT2D eigenvalue weighted by Crippen LogP contribution is -2.22. The lowest BCUT2D eigenvalue weighted by molar-refractivity contribution is -0.188. The minimum atomic E-state index is -0.466. The number of hydrogen-bond acceptors (Lipinski definition) is 7. The zero-order valence-electron chi connectivity index (χ0n) is 17.7. The van der Waals surface area contributed by atoms with Crippen LogP contribution in [0.2, 0.25) is 0 Å². The van der Waals surface area contributed by atoms with E-state index in [1.807, 2.05) is 24.3 Å². The molecule has 0 spiro atoms. The van der Waals surface area contributed by atoms with Crippen molar-refractivity contribution in [3.8, 4) is 0 Å². The van der Waals surface area contributed by atoms with Crippen molar-refractivity contribution in [1.29, 1.82) is 0 Å². The first-order valence-electron chi connectivity index (χ1n) is 9.30. The average molecular weight is 391 g/mol. The van der Waals surface area contributed by atoms with E-state index in [0.717, 1.165) is 38.5 Å². The Morgan fingerprint density at radius 1 is 0.556 bits per heavy atom. The molecule has 27 heavy (non-hydrogen) atoms. The van der Waals surface area contributed by atoms with E-state index in [9.17, 15) is 0 Å². The highest BCUT2D eigenvalue weighted by Gasteiger charge is 2.10. The Kier molecular flexibility index (Phi) is 18.0. The third-order valence-electron chi connectivity index (χ3n) is 3.99. The van der Waals surface area contributed by atoms with Crippen LogP contribution in [0.5, 0.6) is 0 Å². The predicted molar refractivity (Wildman–Crippen MR) is 104 cm³/mol. The molecule has 0 saturated heterocycles. The first kappa shape index (κ1) is 26.2. The second kappa shape index (κ2) is 18.6. The topological polar surface area (TPSA) is 64.6 Å². The van der Waals surface area contributed by atoms with Gasteiger partial charge >= 0.3 is 0 Å². The van der Waals surface area contributed by atoms with E-state index in [1.54, 1.807) is 42.7 Å². The summed E-state index contributed by atoms with van der Waals surface area (Å²) in [6.07, 6.45) is 12.0. The molecule has 0 bridgehead atoms. The van der Waals surface area contributed by atoms with E-state index in [-0.39, 0.29) is 12.6 Å². The quantitative estimate of drug-likeness (QED) is 0.201. The number of allylic oxidation sites excluding steroid dienone is 2. The van der Waals surface area contributed by atoms with Crippen molar-refractivity contribution >= 4 is 0 Å². The lowest BCUT2D eigenvalue weighted by atomic mass is 10.2. The second-order valence-corrected chi connectivity index (χ2v) is 5.86. The van der Waals surface area contributed by atoms with Gasteiger partial charge in [-0.25, -0.2) is 0 Å². The van der Waals surface area contributed by atoms with Gasteiger partial charge < -0.3 is 33.2 Å². The highest BCUT2D eigenvalue weighted by molar-refractivity contribution is 4.89. The van der Waals surface area contributed by atoms with Crippen LogP contribution in [0.25, 0.3) is 0 Å². The Morgan fingerprint density at radius 2 is 0.926 bits per heavy atom. The number of rotatable bonds is 18. The van der Waals surface area contributed by atoms with Gasteiger partial charge in [-0.05, 0) is 50.7 Å². The smallest absolute Gasteiger partial charge is 0.179 e. The SMILES string of the molecule is COC(C=CCCCC(OC)OC)OC(C=CCCCC(OC)OC)OC. The first-order valence-corrected chi connectivity index (χ1v) is 9.30. The maximum atomic E-state index is 5.77. The van der Waals surface area contributed by atoms with E-state index >= 15 is 0 Å². The number of hydrogen-bond donors (Lipinski definition) is 0. The zero-order chi connectivity index (χ0) is 20.3. The molecule has 0 heterocycles. The normalized spacial score (nSPS) is 14.8. The Labute approximate surface area is 164 Å². The van der Waals surface area contributed by atoms with Crippen LogP contribution in [0.1, 0.15) is 38.5 Å². The Morgan fingerprint density at radius 3 is 1.22 bits per heavy atom. The van der Waals surface area contributed by atoms with Crippen molar-refractivity contribution in [3.63, 3.8) is 0 Å². The maximum Gasteiger partial charge on any atom is 0.179 e. The molecule has 7 heteroatoms. The van der Waals surface area contributed by atoms with E-state index in [0.29, 0.717) is 0 Å². The van der Waals surface area contributed by atoms with Gasteiger partial charge in [0.1, 0.15) is 0 Å². The van der Waals surface area contributed by atoms with Crippen LogP contribution in [0.4, 0.5) is 0 Å². The highest BCUT2D eigenvalue weighted by Crippen LogP contribution is 2.10. The van der Waals surface area contributed by atoms with E-state index < -0.39 is 12.6 Å². The monoisotopic (exact) mass is 390 g/mol. The summed E-state index contributed by atoms with van der Waals surface area (Å²) >= 11 is 0. The molecule has 0 rings (SSSR count). The number of ether oxygens (including phenoxy) is 7. The Hall–Kier alpha value is -0.800. The number of methoxy groups -OCH3 is 6. The second-order valence-electron chi connectivity index (χ2n) is 5.86. The van der Waals surface area contributed by atoms with Gasteiger partial charge in [0.25, 0.3) is 0 Å². The van der Waals surface area contributed by atoms with Gasteiger partial charge in [0.05, 0.1) is 0 Å². The van der Waals surface area contributed by atoms with E-state index in [4.69, 9.17) is 33.2 Å². The summed E-state index contributed by atoms with van der Waals surface area (Å²) in [6, 6.07) is 0. The molecule has 0 radical (unpaired) electrons. The third-order valence-corrected chi connectivity index (χ3v) is 3.99. The molecule has 0 aromatic heterocycles. The van der Waals surface area contributed by atoms with E-state index in [2.05, 4.69) is 0 Å². The van der Waals surface area contributed by atoms with Gasteiger partial charge in [0, 0.05) is 42.7 Å². The minimum Gasteiger partial charge on any atom is -0.356 e. The standard InChI is InChI=1S/C20H38O7/c1-21-17(22-2)13-9-7-11-15-19(25-5)27-20(26-6)16-12-8-10-14-18(23-3)24-4/h11-12,15-20H,7-10,13-14H2,1-6H3. The van der Waals surface area contributed by atoms with Gasteiger partial charge in [-0.2, -0.15) is 0 Å². The molecule has 2 atom stereocenters. The minimum absolute atomic E-state index is 0.154. The van der Waals surface area contributed by atoms with Crippen LogP contribution < -0.4 is 0 Å². The molecular formula is C20H38O7. The molecule has 0 amide bonds. The molecule has 0 aliphatic heterocycles. The molecular weight excluding hydrogens is 352 g/mol. The van der Waals surface area contributed by atoms with Crippen LogP contribution in [0.3, 0.4) is 0 Å². The van der Waals surface area contributed by atoms with Crippen molar-refractivity contribution < 1.29 is 33.2 Å². The maximum absolute atomic E-state index is 5.77. The van der Waals surface area contributed by atoms with Gasteiger partial charge in [-0.15, -0.1) is 0 Å². The van der Waals surface area contributed by atoms with Gasteiger partial charge in [0.15, 0.2) is 25.2 Å². The summed E-state index contributed by atoms with van der Waals surface area (Å²) in [6.45, 7) is 0. The summed E-state index contributed by atoms with van der Waals surface area (Å²) in [4.78, 5) is 0. The molecule has 0 aromatic carbocycles. The third kappa shape index (κ3) is 13.9. The summed E-state index contributed by atoms with van der Waals surface area (Å²) in [5, 5.41) is 0. The summed E-state index contributed by atoms with van der Waals surface area (Å²) in [5.41, 5.74) is 0. The fraction of sp³-hybridized carbons (Fsp3) is 0.800. The van der Waals surface area contributed by atoms with Crippen molar-refractivity contribution in [2.75, 3.05) is 42.7 Å². The highest BCUT2D eigenvalue weighted by atomic mass is 16.8. The number of unbranched alkanes of at least 4 members (excludes halogenated alkanes) is 2. The molecule has 160 valence electrons. The largest absolute Gasteiger partial charge is 0.356 e. The molecule has 0 aliphatic rings. The molecule has 0 aliphatic carbocycles. The van der Waals surface area contributed by atoms with Gasteiger partial charge in [-0.1, -0.05) is 12.2 Å². The van der Waals surface area contributed by atoms with E-state index in [1.165, 1.54) is 0 Å². The Bertz CT molecular complexity index is 331. The van der Waals surface area contributed by atoms with Gasteiger partial charge in [-0.3, -0.25) is 0 Å². The first-order chi connectivity index (χ1) is 13.1. The van der Waals surface area contributed by atoms with Crippen LogP contribution in [0, 0.1) is 0 Å². The summed E-state index contributed by atoms with van der Waals surface area (Å²) in [7, 11) is 9.78. The van der Waals surface area contributed by atoms with Crippen molar-refractivity contribution in [1.82, 2.24) is 0 Å². The fourth-order valence-electron chi connectivity index (χ4n) is 2.37. The van der Waals surface area contributed by atoms with Crippen molar-refractivity contribution in [2.45, 2.75) is 63.7 Å². The fourth-order valence-corrected chi connectivity index (χ4v) is 2.37. The molecule has 0 saturated carbocycles. The van der Waals surface area contributed by atoms with Gasteiger partial charge in [0.2, 0.25) is 0 Å². The predicted octanol–water partition coefficient (Wildman–Crippen LogP) is 3.64. The van der Waals surface area contributed by atoms with Crippen LogP contribution in [-0.2, 0) is 33.2 Å². The molecule has 0 aromatic rings. The summed E-state index contributed by atoms with van der Waals surface area (Å²) < 4.78 is 37.1. The average Bonchev–Trinajstić information content (AvgIpc) is 2.71. The Balaban J connectivity index is 4.16. The van der Waals surface area contributed by atoms with Crippen molar-refractivity contribution in [3.05, 3.63) is 24.3 Å². The summed E-state index contributed by atoms with van der Waals surface area (Å²) in [5.74, 6) is 0. The molecule has 7 nitrogen and oxygen atoms in total. The van der Waals surface area contributed by atoms with Crippen LogP contribution in [-0.4, -0.2) is 67.8 Å². The molecule has 2 unspecified atom stereocenters. The van der Waals surface area contributed by atoms with Crippen LogP contribution in [0.15, 0.2) is 24.3 Å². The zero-order valence-corrected chi connectivity index (χ0v) is 17.7.